The number of benzene rings is 2. The lowest BCUT2D eigenvalue weighted by Gasteiger charge is -2.40. The standard InChI is InChI=1S/C24H22ClN3O2/c25-19-12-11-16-8-4-10-21(20(16)14-19)28(24(30)18-9-5-13-27-15-18)22(23(26)29)17-6-2-1-3-7-17/h1-3,5-7,9,11-15,21-22H,4,8,10H2,(H2,26,29). The van der Waals surface area contributed by atoms with Crippen LogP contribution in [0.25, 0.3) is 0 Å². The summed E-state index contributed by atoms with van der Waals surface area (Å²) >= 11 is 6.30. The molecule has 4 rings (SSSR count). The van der Waals surface area contributed by atoms with Gasteiger partial charge in [-0.1, -0.05) is 48.0 Å². The second-order valence-corrected chi connectivity index (χ2v) is 7.86. The third-order valence-corrected chi connectivity index (χ3v) is 5.77. The molecule has 2 atom stereocenters. The largest absolute Gasteiger partial charge is 0.368 e. The molecule has 2 unspecified atom stereocenters. The number of hydrogen-bond donors (Lipinski definition) is 1. The Morgan fingerprint density at radius 2 is 1.90 bits per heavy atom. The molecule has 2 aromatic carbocycles. The summed E-state index contributed by atoms with van der Waals surface area (Å²) in [6.45, 7) is 0. The van der Waals surface area contributed by atoms with Crippen LogP contribution in [0, 0.1) is 0 Å². The lowest BCUT2D eigenvalue weighted by Crippen LogP contribution is -2.45. The highest BCUT2D eigenvalue weighted by molar-refractivity contribution is 6.30. The van der Waals surface area contributed by atoms with Gasteiger partial charge in [-0.3, -0.25) is 14.6 Å². The Morgan fingerprint density at radius 1 is 1.10 bits per heavy atom. The zero-order valence-corrected chi connectivity index (χ0v) is 17.1. The maximum Gasteiger partial charge on any atom is 0.256 e. The highest BCUT2D eigenvalue weighted by atomic mass is 35.5. The van der Waals surface area contributed by atoms with Crippen molar-refractivity contribution in [2.24, 2.45) is 5.73 Å². The highest BCUT2D eigenvalue weighted by Gasteiger charge is 2.38. The Bertz CT molecular complexity index is 1060. The van der Waals surface area contributed by atoms with Crippen molar-refractivity contribution in [1.82, 2.24) is 9.88 Å². The molecule has 2 N–H and O–H groups in total. The average Bonchev–Trinajstić information content (AvgIpc) is 2.77. The molecule has 1 aromatic heterocycles. The maximum absolute atomic E-state index is 13.7. The predicted octanol–water partition coefficient (Wildman–Crippen LogP) is 4.48. The first-order valence-electron chi connectivity index (χ1n) is 9.91. The molecule has 0 radical (unpaired) electrons. The van der Waals surface area contributed by atoms with Crippen LogP contribution in [-0.2, 0) is 11.2 Å². The van der Waals surface area contributed by atoms with E-state index in [-0.39, 0.29) is 11.9 Å². The number of nitrogens with two attached hydrogens (primary N) is 1. The molecule has 6 heteroatoms. The molecular formula is C24H22ClN3O2. The summed E-state index contributed by atoms with van der Waals surface area (Å²) in [6.07, 6.45) is 5.65. The number of nitrogens with zero attached hydrogens (tertiary/aromatic N) is 2. The molecule has 3 aromatic rings. The van der Waals surface area contributed by atoms with Gasteiger partial charge in [0.2, 0.25) is 5.91 Å². The molecule has 0 saturated heterocycles. The van der Waals surface area contributed by atoms with Crippen molar-refractivity contribution < 1.29 is 9.59 Å². The minimum absolute atomic E-state index is 0.284. The van der Waals surface area contributed by atoms with Crippen molar-refractivity contribution in [3.63, 3.8) is 0 Å². The number of primary amides is 1. The summed E-state index contributed by atoms with van der Waals surface area (Å²) in [5.41, 5.74) is 9.06. The summed E-state index contributed by atoms with van der Waals surface area (Å²) in [6, 6.07) is 17.1. The molecule has 0 spiro atoms. The second-order valence-electron chi connectivity index (χ2n) is 7.42. The number of hydrogen-bond acceptors (Lipinski definition) is 3. The van der Waals surface area contributed by atoms with Gasteiger partial charge in [0.25, 0.3) is 5.91 Å². The molecule has 1 aliphatic carbocycles. The van der Waals surface area contributed by atoms with Gasteiger partial charge in [-0.05, 0) is 60.2 Å². The van der Waals surface area contributed by atoms with Crippen LogP contribution in [-0.4, -0.2) is 21.7 Å². The maximum atomic E-state index is 13.7. The van der Waals surface area contributed by atoms with E-state index in [1.165, 1.54) is 6.20 Å². The number of aromatic nitrogens is 1. The fourth-order valence-corrected chi connectivity index (χ4v) is 4.39. The van der Waals surface area contributed by atoms with Crippen molar-refractivity contribution in [2.75, 3.05) is 0 Å². The summed E-state index contributed by atoms with van der Waals surface area (Å²) in [5.74, 6) is -0.860. The van der Waals surface area contributed by atoms with E-state index in [2.05, 4.69) is 4.98 Å². The number of amides is 2. The number of rotatable bonds is 5. The van der Waals surface area contributed by atoms with Crippen molar-refractivity contribution in [1.29, 1.82) is 0 Å². The van der Waals surface area contributed by atoms with Crippen molar-refractivity contribution in [3.05, 3.63) is 100 Å². The number of aryl methyl sites for hydroxylation is 1. The van der Waals surface area contributed by atoms with Gasteiger partial charge >= 0.3 is 0 Å². The van der Waals surface area contributed by atoms with Crippen LogP contribution in [0.2, 0.25) is 5.02 Å². The molecule has 5 nitrogen and oxygen atoms in total. The van der Waals surface area contributed by atoms with Crippen LogP contribution >= 0.6 is 11.6 Å². The van der Waals surface area contributed by atoms with Gasteiger partial charge in [-0.15, -0.1) is 0 Å². The van der Waals surface area contributed by atoms with Gasteiger partial charge in [-0.2, -0.15) is 0 Å². The van der Waals surface area contributed by atoms with Gasteiger partial charge in [0.1, 0.15) is 6.04 Å². The Morgan fingerprint density at radius 3 is 2.60 bits per heavy atom. The highest BCUT2D eigenvalue weighted by Crippen LogP contribution is 2.40. The molecule has 0 bridgehead atoms. The minimum atomic E-state index is -0.908. The van der Waals surface area contributed by atoms with Crippen LogP contribution in [0.1, 0.15) is 52.0 Å². The molecule has 0 fully saturated rings. The number of halogens is 1. The third kappa shape index (κ3) is 3.94. The van der Waals surface area contributed by atoms with Gasteiger partial charge in [0.05, 0.1) is 11.6 Å². The fraction of sp³-hybridized carbons (Fsp3) is 0.208. The zero-order valence-electron chi connectivity index (χ0n) is 16.4. The van der Waals surface area contributed by atoms with E-state index >= 15 is 0 Å². The lowest BCUT2D eigenvalue weighted by molar-refractivity contribution is -0.123. The molecule has 2 amide bonds. The number of fused-ring (bicyclic) bond motifs is 1. The number of carbonyl (C=O) groups is 2. The molecule has 1 aliphatic rings. The minimum Gasteiger partial charge on any atom is -0.368 e. The van der Waals surface area contributed by atoms with Crippen LogP contribution in [0.5, 0.6) is 0 Å². The van der Waals surface area contributed by atoms with Crippen LogP contribution in [0.3, 0.4) is 0 Å². The van der Waals surface area contributed by atoms with E-state index < -0.39 is 11.9 Å². The molecule has 1 heterocycles. The lowest BCUT2D eigenvalue weighted by atomic mass is 9.85. The van der Waals surface area contributed by atoms with Gasteiger partial charge in [0.15, 0.2) is 0 Å². The first kappa shape index (κ1) is 20.1. The summed E-state index contributed by atoms with van der Waals surface area (Å²) in [7, 11) is 0. The Balaban J connectivity index is 1.88. The van der Waals surface area contributed by atoms with E-state index in [9.17, 15) is 9.59 Å². The summed E-state index contributed by atoms with van der Waals surface area (Å²) < 4.78 is 0. The fourth-order valence-electron chi connectivity index (χ4n) is 4.21. The molecule has 152 valence electrons. The van der Waals surface area contributed by atoms with E-state index in [1.54, 1.807) is 23.2 Å². The first-order valence-corrected chi connectivity index (χ1v) is 10.3. The Labute approximate surface area is 180 Å². The van der Waals surface area contributed by atoms with Crippen LogP contribution in [0.4, 0.5) is 0 Å². The first-order chi connectivity index (χ1) is 14.6. The monoisotopic (exact) mass is 419 g/mol. The van der Waals surface area contributed by atoms with E-state index in [4.69, 9.17) is 17.3 Å². The average molecular weight is 420 g/mol. The smallest absolute Gasteiger partial charge is 0.256 e. The topological polar surface area (TPSA) is 76.3 Å². The van der Waals surface area contributed by atoms with E-state index in [0.29, 0.717) is 16.1 Å². The summed E-state index contributed by atoms with van der Waals surface area (Å²) in [4.78, 5) is 32.1. The molecule has 30 heavy (non-hydrogen) atoms. The summed E-state index contributed by atoms with van der Waals surface area (Å²) in [5, 5.41) is 0.602. The van der Waals surface area contributed by atoms with E-state index in [0.717, 1.165) is 30.4 Å². The second kappa shape index (κ2) is 8.67. The zero-order chi connectivity index (χ0) is 21.1. The van der Waals surface area contributed by atoms with Crippen molar-refractivity contribution in [2.45, 2.75) is 31.3 Å². The van der Waals surface area contributed by atoms with Crippen LogP contribution in [0.15, 0.2) is 73.1 Å². The van der Waals surface area contributed by atoms with E-state index in [1.807, 2.05) is 48.5 Å². The molecule has 0 saturated carbocycles. The number of carbonyl (C=O) groups excluding carboxylic acids is 2. The number of pyridine rings is 1. The molecule has 0 aliphatic heterocycles. The normalized spacial score (nSPS) is 16.4. The molecular weight excluding hydrogens is 398 g/mol. The van der Waals surface area contributed by atoms with Gasteiger partial charge < -0.3 is 10.6 Å². The Kier molecular flexibility index (Phi) is 5.81. The third-order valence-electron chi connectivity index (χ3n) is 5.53. The Hall–Kier alpha value is -3.18. The quantitative estimate of drug-likeness (QED) is 0.662. The van der Waals surface area contributed by atoms with Gasteiger partial charge in [0, 0.05) is 17.4 Å². The van der Waals surface area contributed by atoms with Gasteiger partial charge in [-0.25, -0.2) is 0 Å². The van der Waals surface area contributed by atoms with Crippen molar-refractivity contribution >= 4 is 23.4 Å². The predicted molar refractivity (Wildman–Crippen MR) is 116 cm³/mol. The van der Waals surface area contributed by atoms with Crippen molar-refractivity contribution in [3.8, 4) is 0 Å². The van der Waals surface area contributed by atoms with Crippen LogP contribution < -0.4 is 5.73 Å². The SMILES string of the molecule is NC(=O)C(c1ccccc1)N(C(=O)c1cccnc1)C1CCCc2ccc(Cl)cc21.